The van der Waals surface area contributed by atoms with E-state index in [9.17, 15) is 31.1 Å². The monoisotopic (exact) mass is 453 g/mol. The highest BCUT2D eigenvalue weighted by Gasteiger charge is 2.56. The number of nitrogens with two attached hydrogens (primary N) is 1. The fraction of sp³-hybridized carbons (Fsp3) is 0.389. The molecule has 6 nitrogen and oxygen atoms in total. The molecule has 4 N–H and O–H groups in total. The van der Waals surface area contributed by atoms with Crippen LogP contribution in [0.3, 0.4) is 0 Å². The zero-order valence-corrected chi connectivity index (χ0v) is 17.0. The number of alkyl halides is 3. The number of rotatable bonds is 6. The molecule has 1 heterocycles. The van der Waals surface area contributed by atoms with Gasteiger partial charge in [-0.25, -0.2) is 26.9 Å². The summed E-state index contributed by atoms with van der Waals surface area (Å²) in [5.74, 6) is -1.82. The predicted molar refractivity (Wildman–Crippen MR) is 99.6 cm³/mol. The van der Waals surface area contributed by atoms with Gasteiger partial charge in [0.2, 0.25) is 15.6 Å². The van der Waals surface area contributed by atoms with Crippen LogP contribution in [0.15, 0.2) is 30.3 Å². The van der Waals surface area contributed by atoms with Gasteiger partial charge in [0.15, 0.2) is 5.82 Å². The Morgan fingerprint density at radius 3 is 2.10 bits per heavy atom. The van der Waals surface area contributed by atoms with Crippen LogP contribution in [-0.4, -0.2) is 37.5 Å². The van der Waals surface area contributed by atoms with Crippen LogP contribution >= 0.6 is 0 Å². The molecule has 0 radical (unpaired) electrons. The summed E-state index contributed by atoms with van der Waals surface area (Å²) in [6.07, 6.45) is -4.47. The molecule has 2 rings (SSSR count). The first-order valence-corrected chi connectivity index (χ1v) is 10.4. The van der Waals surface area contributed by atoms with Crippen molar-refractivity contribution in [3.8, 4) is 11.3 Å². The van der Waals surface area contributed by atoms with Crippen molar-refractivity contribution in [3.05, 3.63) is 53.2 Å². The van der Waals surface area contributed by atoms with Gasteiger partial charge in [0, 0.05) is 17.7 Å². The summed E-state index contributed by atoms with van der Waals surface area (Å²) in [6.45, 7) is 1.12. The van der Waals surface area contributed by atoms with E-state index in [0.717, 1.165) is 30.5 Å². The zero-order chi connectivity index (χ0) is 23.1. The quantitative estimate of drug-likeness (QED) is 0.583. The van der Waals surface area contributed by atoms with Crippen molar-refractivity contribution in [3.63, 3.8) is 0 Å². The minimum absolute atomic E-state index is 0.0892. The second kappa shape index (κ2) is 7.84. The molecule has 0 saturated carbocycles. The van der Waals surface area contributed by atoms with E-state index < -0.39 is 62.5 Å². The van der Waals surface area contributed by atoms with Crippen LogP contribution in [0.4, 0.5) is 22.0 Å². The van der Waals surface area contributed by atoms with Gasteiger partial charge in [-0.3, -0.25) is 0 Å². The van der Waals surface area contributed by atoms with E-state index in [1.54, 1.807) is 0 Å². The molecule has 0 aliphatic rings. The van der Waals surface area contributed by atoms with Crippen LogP contribution in [-0.2, 0) is 21.2 Å². The molecule has 1 aromatic carbocycles. The topological polar surface area (TPSA) is 105 Å². The lowest BCUT2D eigenvalue weighted by molar-refractivity contribution is -0.263. The smallest absolute Gasteiger partial charge is 0.374 e. The highest BCUT2D eigenvalue weighted by atomic mass is 32.2. The van der Waals surface area contributed by atoms with Crippen molar-refractivity contribution in [1.29, 1.82) is 0 Å². The highest BCUT2D eigenvalue weighted by molar-refractivity contribution is 7.88. The van der Waals surface area contributed by atoms with Crippen LogP contribution in [0.25, 0.3) is 11.3 Å². The normalized spacial score (nSPS) is 15.1. The Kier molecular flexibility index (Phi) is 6.30. The van der Waals surface area contributed by atoms with Gasteiger partial charge in [-0.2, -0.15) is 13.2 Å². The molecule has 2 aromatic rings. The van der Waals surface area contributed by atoms with Gasteiger partial charge < -0.3 is 10.8 Å². The molecule has 0 spiro atoms. The number of nitrogens with zero attached hydrogens (tertiary/aromatic N) is 1. The van der Waals surface area contributed by atoms with Crippen molar-refractivity contribution in [1.82, 2.24) is 9.71 Å². The van der Waals surface area contributed by atoms with Crippen LogP contribution in [0, 0.1) is 11.6 Å². The third-order valence-electron chi connectivity index (χ3n) is 4.38. The Morgan fingerprint density at radius 2 is 1.67 bits per heavy atom. The Labute approximate surface area is 170 Å². The summed E-state index contributed by atoms with van der Waals surface area (Å²) < 4.78 is 94.7. The maximum absolute atomic E-state index is 15.3. The number of halogens is 5. The highest BCUT2D eigenvalue weighted by Crippen LogP contribution is 2.40. The minimum Gasteiger partial charge on any atom is -0.374 e. The second-order valence-corrected chi connectivity index (χ2v) is 9.03. The van der Waals surface area contributed by atoms with Gasteiger partial charge in [-0.1, -0.05) is 0 Å². The van der Waals surface area contributed by atoms with Gasteiger partial charge in [-0.05, 0) is 44.2 Å². The van der Waals surface area contributed by atoms with Crippen LogP contribution in [0.1, 0.15) is 25.1 Å². The molecule has 0 fully saturated rings. The molecule has 0 aliphatic carbocycles. The first kappa shape index (κ1) is 24.1. The summed E-state index contributed by atoms with van der Waals surface area (Å²) >= 11 is 0. The van der Waals surface area contributed by atoms with Crippen molar-refractivity contribution in [2.24, 2.45) is 5.73 Å². The van der Waals surface area contributed by atoms with Crippen molar-refractivity contribution in [2.45, 2.75) is 31.2 Å². The van der Waals surface area contributed by atoms with E-state index in [1.165, 1.54) is 13.8 Å². The lowest BCUT2D eigenvalue weighted by atomic mass is 9.89. The van der Waals surface area contributed by atoms with E-state index in [1.807, 2.05) is 0 Å². The molecular weight excluding hydrogens is 433 g/mol. The molecule has 1 aromatic heterocycles. The number of nitrogens with one attached hydrogen (secondary N) is 1. The van der Waals surface area contributed by atoms with E-state index in [4.69, 9.17) is 5.73 Å². The number of hydrogen-bond acceptors (Lipinski definition) is 5. The second-order valence-electron chi connectivity index (χ2n) is 7.29. The molecule has 0 aliphatic heterocycles. The van der Waals surface area contributed by atoms with Crippen molar-refractivity contribution >= 4 is 10.0 Å². The molecule has 0 saturated heterocycles. The first-order valence-electron chi connectivity index (χ1n) is 8.47. The minimum atomic E-state index is -5.27. The fourth-order valence-electron chi connectivity index (χ4n) is 2.88. The number of benzene rings is 1. The summed E-state index contributed by atoms with van der Waals surface area (Å²) in [6, 6.07) is 4.67. The average molecular weight is 453 g/mol. The average Bonchev–Trinajstić information content (AvgIpc) is 2.59. The lowest BCUT2D eigenvalue weighted by Crippen LogP contribution is -2.49. The lowest BCUT2D eigenvalue weighted by Gasteiger charge is -2.32. The van der Waals surface area contributed by atoms with E-state index in [0.29, 0.717) is 6.07 Å². The SMILES string of the molecule is CC(C)(NS(C)(=O)=O)c1cc(C(O)(CN)C(F)(F)F)nc(-c2ccc(F)cc2)c1F. The van der Waals surface area contributed by atoms with Crippen molar-refractivity contribution in [2.75, 3.05) is 12.8 Å². The molecule has 166 valence electrons. The largest absolute Gasteiger partial charge is 0.424 e. The summed E-state index contributed by atoms with van der Waals surface area (Å²) in [5.41, 5.74) is -2.47. The molecule has 1 unspecified atom stereocenters. The number of hydrogen-bond donors (Lipinski definition) is 3. The zero-order valence-electron chi connectivity index (χ0n) is 16.2. The van der Waals surface area contributed by atoms with Gasteiger partial charge in [0.25, 0.3) is 0 Å². The molecule has 1 atom stereocenters. The third-order valence-corrected chi connectivity index (χ3v) is 5.26. The molecule has 30 heavy (non-hydrogen) atoms. The predicted octanol–water partition coefficient (Wildman–Crippen LogP) is 2.52. The number of pyridine rings is 1. The standard InChI is InChI=1S/C18H20F5N3O3S/c1-16(2,26-30(3,28)29)12-8-13(17(27,9-24)18(21,22)23)25-15(14(12)20)10-4-6-11(19)7-5-10/h4-8,26-27H,9,24H2,1-3H3. The number of aliphatic hydroxyl groups is 1. The molecule has 0 amide bonds. The van der Waals surface area contributed by atoms with Crippen LogP contribution < -0.4 is 10.5 Å². The third kappa shape index (κ3) is 4.77. The van der Waals surface area contributed by atoms with Gasteiger partial charge >= 0.3 is 6.18 Å². The number of sulfonamides is 1. The van der Waals surface area contributed by atoms with Gasteiger partial charge in [0.05, 0.1) is 17.5 Å². The Hall–Kier alpha value is -2.15. The first-order chi connectivity index (χ1) is 13.5. The van der Waals surface area contributed by atoms with Gasteiger partial charge in [-0.15, -0.1) is 0 Å². The molecule has 0 bridgehead atoms. The Morgan fingerprint density at radius 1 is 1.13 bits per heavy atom. The Bertz CT molecular complexity index is 1040. The summed E-state index contributed by atoms with van der Waals surface area (Å²) in [5, 5.41) is 10.2. The maximum Gasteiger partial charge on any atom is 0.424 e. The van der Waals surface area contributed by atoms with Crippen LogP contribution in [0.5, 0.6) is 0 Å². The van der Waals surface area contributed by atoms with Gasteiger partial charge in [0.1, 0.15) is 11.5 Å². The van der Waals surface area contributed by atoms with Crippen LogP contribution in [0.2, 0.25) is 0 Å². The summed E-state index contributed by atoms with van der Waals surface area (Å²) in [4.78, 5) is 3.63. The van der Waals surface area contributed by atoms with E-state index >= 15 is 4.39 Å². The van der Waals surface area contributed by atoms with E-state index in [-0.39, 0.29) is 5.56 Å². The molecule has 12 heteroatoms. The fourth-order valence-corrected chi connectivity index (χ4v) is 3.92. The molecular formula is C18H20F5N3O3S. The van der Waals surface area contributed by atoms with Crippen molar-refractivity contribution < 1.29 is 35.5 Å². The Balaban J connectivity index is 2.89. The summed E-state index contributed by atoms with van der Waals surface area (Å²) in [7, 11) is -3.91. The maximum atomic E-state index is 15.3. The van der Waals surface area contributed by atoms with E-state index in [2.05, 4.69) is 9.71 Å². The number of aromatic nitrogens is 1.